The van der Waals surface area contributed by atoms with Crippen LogP contribution < -0.4 is 19.6 Å². The summed E-state index contributed by atoms with van der Waals surface area (Å²) in [6.07, 6.45) is 1.66. The number of halogens is 2. The first-order valence-electron chi connectivity index (χ1n) is 11.1. The zero-order valence-electron chi connectivity index (χ0n) is 20.0. The van der Waals surface area contributed by atoms with Crippen LogP contribution in [0.1, 0.15) is 24.3 Å². The van der Waals surface area contributed by atoms with Gasteiger partial charge in [-0.25, -0.2) is 9.79 Å². The van der Waals surface area contributed by atoms with Gasteiger partial charge in [0.25, 0.3) is 5.56 Å². The lowest BCUT2D eigenvalue weighted by molar-refractivity contribution is -0.136. The van der Waals surface area contributed by atoms with E-state index in [4.69, 9.17) is 37.1 Å². The molecule has 1 aliphatic heterocycles. The molecule has 7 nitrogen and oxygen atoms in total. The number of methoxy groups -OCH3 is 2. The molecule has 1 atom stereocenters. The molecule has 0 saturated heterocycles. The normalized spacial score (nSPS) is 15.4. The van der Waals surface area contributed by atoms with Crippen LogP contribution in [0, 0.1) is 0 Å². The highest BCUT2D eigenvalue weighted by Crippen LogP contribution is 2.32. The van der Waals surface area contributed by atoms with Gasteiger partial charge in [0.05, 0.1) is 46.1 Å². The van der Waals surface area contributed by atoms with E-state index >= 15 is 0 Å². The van der Waals surface area contributed by atoms with Crippen molar-refractivity contribution in [3.8, 4) is 17.1 Å². The van der Waals surface area contributed by atoms with E-state index in [1.165, 1.54) is 23.0 Å². The summed E-state index contributed by atoms with van der Waals surface area (Å²) in [4.78, 5) is 31.5. The second kappa shape index (κ2) is 10.0. The molecule has 0 amide bonds. The second-order valence-corrected chi connectivity index (χ2v) is 10.0. The topological polar surface area (TPSA) is 83.0 Å². The lowest BCUT2D eigenvalue weighted by Gasteiger charge is -2.24. The van der Waals surface area contributed by atoms with Gasteiger partial charge in [-0.15, -0.1) is 0 Å². The minimum atomic E-state index is -0.708. The molecule has 188 valence electrons. The van der Waals surface area contributed by atoms with Crippen molar-refractivity contribution >= 4 is 46.6 Å². The summed E-state index contributed by atoms with van der Waals surface area (Å²) in [7, 11) is 2.88. The Balaban J connectivity index is 1.62. The molecule has 0 bridgehead atoms. The number of fused-ring (bicyclic) bond motifs is 1. The largest absolute Gasteiger partial charge is 0.497 e. The monoisotopic (exact) mass is 554 g/mol. The Labute approximate surface area is 225 Å². The number of aromatic nitrogens is 1. The SMILES string of the molecule is COC(=O)C1=C(C)N=c2s/c(=C\c3ccc(-c4ccc(Cl)c(Cl)c4)o3)c(=O)n2C1c1ccc(OC)cc1. The van der Waals surface area contributed by atoms with E-state index in [0.29, 0.717) is 47.9 Å². The van der Waals surface area contributed by atoms with Crippen molar-refractivity contribution in [2.45, 2.75) is 13.0 Å². The first-order valence-corrected chi connectivity index (χ1v) is 12.7. The third kappa shape index (κ3) is 4.64. The number of hydrogen-bond donors (Lipinski definition) is 0. The van der Waals surface area contributed by atoms with Crippen LogP contribution in [0.4, 0.5) is 0 Å². The Morgan fingerprint density at radius 1 is 1.08 bits per heavy atom. The number of esters is 1. The molecular formula is C27H20Cl2N2O5S. The first kappa shape index (κ1) is 25.1. The molecule has 0 saturated carbocycles. The highest BCUT2D eigenvalue weighted by atomic mass is 35.5. The summed E-state index contributed by atoms with van der Waals surface area (Å²) in [5.74, 6) is 1.18. The Morgan fingerprint density at radius 3 is 2.51 bits per heavy atom. The molecule has 10 heteroatoms. The van der Waals surface area contributed by atoms with Gasteiger partial charge in [0.15, 0.2) is 4.80 Å². The summed E-state index contributed by atoms with van der Waals surface area (Å²) in [6, 6.07) is 15.3. The van der Waals surface area contributed by atoms with Gasteiger partial charge in [-0.2, -0.15) is 0 Å². The third-order valence-electron chi connectivity index (χ3n) is 5.96. The number of carbonyl (C=O) groups excluding carboxylic acids is 1. The maximum Gasteiger partial charge on any atom is 0.338 e. The fourth-order valence-corrected chi connectivity index (χ4v) is 5.48. The number of thiazole rings is 1. The van der Waals surface area contributed by atoms with Crippen LogP contribution in [0.2, 0.25) is 10.0 Å². The van der Waals surface area contributed by atoms with Crippen LogP contribution in [-0.4, -0.2) is 24.8 Å². The predicted octanol–water partition coefficient (Wildman–Crippen LogP) is 4.98. The minimum Gasteiger partial charge on any atom is -0.497 e. The maximum atomic E-state index is 13.7. The highest BCUT2D eigenvalue weighted by molar-refractivity contribution is 7.07. The molecule has 4 aromatic rings. The van der Waals surface area contributed by atoms with E-state index in [1.54, 1.807) is 62.6 Å². The number of nitrogens with zero attached hydrogens (tertiary/aromatic N) is 2. The van der Waals surface area contributed by atoms with E-state index in [1.807, 2.05) is 12.1 Å². The van der Waals surface area contributed by atoms with E-state index < -0.39 is 12.0 Å². The smallest absolute Gasteiger partial charge is 0.338 e. The summed E-state index contributed by atoms with van der Waals surface area (Å²) >= 11 is 13.4. The van der Waals surface area contributed by atoms with Gasteiger partial charge in [-0.1, -0.05) is 46.7 Å². The van der Waals surface area contributed by atoms with Crippen molar-refractivity contribution in [3.63, 3.8) is 0 Å². The summed E-state index contributed by atoms with van der Waals surface area (Å²) in [6.45, 7) is 1.73. The molecule has 0 fully saturated rings. The molecular weight excluding hydrogens is 535 g/mol. The minimum absolute atomic E-state index is 0.298. The van der Waals surface area contributed by atoms with Crippen molar-refractivity contribution in [3.05, 3.63) is 107 Å². The number of allylic oxidation sites excluding steroid dienone is 1. The first-order chi connectivity index (χ1) is 17.8. The van der Waals surface area contributed by atoms with Crippen molar-refractivity contribution in [1.29, 1.82) is 0 Å². The molecule has 0 radical (unpaired) electrons. The van der Waals surface area contributed by atoms with Crippen molar-refractivity contribution in [1.82, 2.24) is 4.57 Å². The average Bonchev–Trinajstić information content (AvgIpc) is 3.49. The third-order valence-corrected chi connectivity index (χ3v) is 7.68. The second-order valence-electron chi connectivity index (χ2n) is 8.18. The van der Waals surface area contributed by atoms with Crippen molar-refractivity contribution in [2.75, 3.05) is 14.2 Å². The molecule has 37 heavy (non-hydrogen) atoms. The van der Waals surface area contributed by atoms with Gasteiger partial charge >= 0.3 is 5.97 Å². The summed E-state index contributed by atoms with van der Waals surface area (Å²) < 4.78 is 18.2. The fraction of sp³-hybridized carbons (Fsp3) is 0.148. The quantitative estimate of drug-likeness (QED) is 0.325. The van der Waals surface area contributed by atoms with E-state index in [0.717, 1.165) is 11.1 Å². The van der Waals surface area contributed by atoms with E-state index in [2.05, 4.69) is 4.99 Å². The van der Waals surface area contributed by atoms with Gasteiger partial charge in [-0.05, 0) is 55.0 Å². The van der Waals surface area contributed by atoms with Gasteiger partial charge in [0.2, 0.25) is 0 Å². The van der Waals surface area contributed by atoms with Gasteiger partial charge in [0, 0.05) is 11.6 Å². The number of benzene rings is 2. The summed E-state index contributed by atoms with van der Waals surface area (Å²) in [5, 5.41) is 0.868. The molecule has 3 heterocycles. The Morgan fingerprint density at radius 2 is 1.84 bits per heavy atom. The standard InChI is InChI=1S/C27H20Cl2N2O5S/c1-14-23(26(33)35-3)24(15-4-7-17(34-2)8-5-15)31-25(32)22(37-27(31)30-14)13-18-9-11-21(36-18)16-6-10-19(28)20(29)12-16/h4-13,24H,1-3H3/b22-13-. The van der Waals surface area contributed by atoms with Gasteiger partial charge < -0.3 is 13.9 Å². The highest BCUT2D eigenvalue weighted by Gasteiger charge is 2.33. The molecule has 0 aliphatic carbocycles. The molecule has 2 aromatic carbocycles. The van der Waals surface area contributed by atoms with Crippen molar-refractivity contribution < 1.29 is 18.7 Å². The van der Waals surface area contributed by atoms with Crippen LogP contribution in [0.25, 0.3) is 17.4 Å². The van der Waals surface area contributed by atoms with Gasteiger partial charge in [-0.3, -0.25) is 9.36 Å². The molecule has 1 unspecified atom stereocenters. The Kier molecular flexibility index (Phi) is 6.81. The lowest BCUT2D eigenvalue weighted by atomic mass is 9.96. The Hall–Kier alpha value is -3.59. The lowest BCUT2D eigenvalue weighted by Crippen LogP contribution is -2.39. The zero-order chi connectivity index (χ0) is 26.3. The zero-order valence-corrected chi connectivity index (χ0v) is 22.3. The summed E-state index contributed by atoms with van der Waals surface area (Å²) in [5.41, 5.74) is 1.97. The van der Waals surface area contributed by atoms with Crippen LogP contribution in [-0.2, 0) is 9.53 Å². The number of carbonyl (C=O) groups is 1. The number of ether oxygens (including phenoxy) is 2. The molecule has 2 aromatic heterocycles. The van der Waals surface area contributed by atoms with Crippen LogP contribution >= 0.6 is 34.5 Å². The Bertz CT molecular complexity index is 1730. The van der Waals surface area contributed by atoms with Crippen molar-refractivity contribution in [2.24, 2.45) is 4.99 Å². The van der Waals surface area contributed by atoms with Crippen LogP contribution in [0.15, 0.2) is 80.1 Å². The molecule has 5 rings (SSSR count). The van der Waals surface area contributed by atoms with Gasteiger partial charge in [0.1, 0.15) is 17.3 Å². The fourth-order valence-electron chi connectivity index (χ4n) is 4.16. The number of rotatable bonds is 5. The number of hydrogen-bond acceptors (Lipinski definition) is 7. The maximum absolute atomic E-state index is 13.7. The molecule has 1 aliphatic rings. The average molecular weight is 555 g/mol. The molecule has 0 N–H and O–H groups in total. The van der Waals surface area contributed by atoms with Crippen LogP contribution in [0.5, 0.6) is 5.75 Å². The van der Waals surface area contributed by atoms with E-state index in [-0.39, 0.29) is 5.56 Å². The predicted molar refractivity (Wildman–Crippen MR) is 143 cm³/mol. The molecule has 0 spiro atoms. The van der Waals surface area contributed by atoms with E-state index in [9.17, 15) is 9.59 Å². The van der Waals surface area contributed by atoms with Crippen LogP contribution in [0.3, 0.4) is 0 Å². The number of furan rings is 1.